The second-order valence-corrected chi connectivity index (χ2v) is 8.70. The van der Waals surface area contributed by atoms with E-state index in [4.69, 9.17) is 21.4 Å². The number of anilines is 1. The van der Waals surface area contributed by atoms with Gasteiger partial charge in [0.15, 0.2) is 5.84 Å². The van der Waals surface area contributed by atoms with Crippen LogP contribution in [0.3, 0.4) is 0 Å². The van der Waals surface area contributed by atoms with E-state index in [1.165, 1.54) is 0 Å². The monoisotopic (exact) mass is 560 g/mol. The summed E-state index contributed by atoms with van der Waals surface area (Å²) >= 11 is 13.0. The number of nitrogens with zero attached hydrogens (tertiary/aromatic N) is 2. The first-order chi connectivity index (χ1) is 15.0. The topological polar surface area (TPSA) is 75.1 Å². The van der Waals surface area contributed by atoms with Crippen molar-refractivity contribution < 1.29 is 9.63 Å². The number of aliphatic imine (C=N–C) groups is 2. The van der Waals surface area contributed by atoms with Crippen LogP contribution < -0.4 is 10.8 Å². The third-order valence-corrected chi connectivity index (χ3v) is 5.74. The van der Waals surface area contributed by atoms with Crippen molar-refractivity contribution in [1.82, 2.24) is 5.48 Å². The smallest absolute Gasteiger partial charge is 0.323 e. The summed E-state index contributed by atoms with van der Waals surface area (Å²) in [5.74, 6) is 0.395. The molecule has 6 nitrogen and oxygen atoms in total. The summed E-state index contributed by atoms with van der Waals surface area (Å²) in [4.78, 5) is 26.6. The largest absolute Gasteiger partial charge is 0.435 e. The number of rotatable bonds is 2. The zero-order chi connectivity index (χ0) is 21.8. The molecule has 156 valence electrons. The van der Waals surface area contributed by atoms with E-state index in [1.54, 1.807) is 24.3 Å². The quantitative estimate of drug-likeness (QED) is 0.350. The van der Waals surface area contributed by atoms with Gasteiger partial charge in [-0.1, -0.05) is 67.7 Å². The minimum absolute atomic E-state index is 0.202. The van der Waals surface area contributed by atoms with Crippen molar-refractivity contribution >= 4 is 72.5 Å². The van der Waals surface area contributed by atoms with E-state index in [9.17, 15) is 4.79 Å². The highest BCUT2D eigenvalue weighted by molar-refractivity contribution is 9.10. The summed E-state index contributed by atoms with van der Waals surface area (Å²) < 4.78 is 1.84. The van der Waals surface area contributed by atoms with E-state index < -0.39 is 6.09 Å². The standard InChI is InChI=1S/C22H15Br2ClN4O2/c23-13-8-9-19-17(10-13)21(16-6-1-2-7-18(16)24)26-12-20(28-19)29-31-22(30)27-15-5-3-4-14(25)11-15/h1-11H,12H2,(H,27,30)(H,28,29). The Morgan fingerprint density at radius 1 is 1.00 bits per heavy atom. The van der Waals surface area contributed by atoms with Crippen molar-refractivity contribution in [1.29, 1.82) is 0 Å². The molecule has 0 bridgehead atoms. The average Bonchev–Trinajstić information content (AvgIpc) is 2.92. The van der Waals surface area contributed by atoms with E-state index >= 15 is 0 Å². The molecule has 0 aliphatic carbocycles. The van der Waals surface area contributed by atoms with Crippen LogP contribution in [0.15, 0.2) is 85.7 Å². The van der Waals surface area contributed by atoms with Gasteiger partial charge >= 0.3 is 6.09 Å². The molecule has 31 heavy (non-hydrogen) atoms. The molecule has 0 saturated carbocycles. The Balaban J connectivity index is 1.56. The molecule has 0 unspecified atom stereocenters. The fourth-order valence-corrected chi connectivity index (χ4v) is 3.99. The molecule has 2 N–H and O–H groups in total. The molecule has 3 aromatic rings. The molecule has 1 amide bonds. The van der Waals surface area contributed by atoms with Crippen LogP contribution in [0.2, 0.25) is 5.02 Å². The fourth-order valence-electron chi connectivity index (χ4n) is 2.97. The van der Waals surface area contributed by atoms with E-state index in [1.807, 2.05) is 42.5 Å². The molecule has 1 aliphatic rings. The van der Waals surface area contributed by atoms with Gasteiger partial charge in [0.1, 0.15) is 6.54 Å². The van der Waals surface area contributed by atoms with E-state index in [0.29, 0.717) is 22.2 Å². The second kappa shape index (κ2) is 9.64. The highest BCUT2D eigenvalue weighted by Gasteiger charge is 2.19. The summed E-state index contributed by atoms with van der Waals surface area (Å²) in [6, 6.07) is 20.4. The van der Waals surface area contributed by atoms with Gasteiger partial charge in [-0.3, -0.25) is 10.3 Å². The van der Waals surface area contributed by atoms with Gasteiger partial charge in [-0.05, 0) is 42.5 Å². The van der Waals surface area contributed by atoms with Crippen molar-refractivity contribution in [2.24, 2.45) is 9.98 Å². The third-order valence-electron chi connectivity index (χ3n) is 4.32. The highest BCUT2D eigenvalue weighted by Crippen LogP contribution is 2.30. The molecule has 9 heteroatoms. The van der Waals surface area contributed by atoms with Crippen LogP contribution in [-0.4, -0.2) is 24.2 Å². The van der Waals surface area contributed by atoms with Gasteiger partial charge in [-0.25, -0.2) is 15.3 Å². The number of hydroxylamine groups is 1. The molecular formula is C22H15Br2ClN4O2. The second-order valence-electron chi connectivity index (χ2n) is 6.49. The Labute approximate surface area is 200 Å². The molecule has 0 saturated heterocycles. The molecule has 3 aromatic carbocycles. The lowest BCUT2D eigenvalue weighted by molar-refractivity contribution is 0.134. The lowest BCUT2D eigenvalue weighted by Gasteiger charge is -2.10. The number of hydrogen-bond acceptors (Lipinski definition) is 5. The number of amidine groups is 1. The van der Waals surface area contributed by atoms with E-state index in [-0.39, 0.29) is 6.54 Å². The predicted octanol–water partition coefficient (Wildman–Crippen LogP) is 6.50. The van der Waals surface area contributed by atoms with Gasteiger partial charge in [0, 0.05) is 30.8 Å². The first-order valence-electron chi connectivity index (χ1n) is 9.16. The number of fused-ring (bicyclic) bond motifs is 1. The van der Waals surface area contributed by atoms with Crippen molar-refractivity contribution in [2.75, 3.05) is 11.9 Å². The maximum Gasteiger partial charge on any atom is 0.435 e. The molecule has 0 radical (unpaired) electrons. The average molecular weight is 563 g/mol. The molecule has 0 spiro atoms. The molecule has 1 aliphatic heterocycles. The van der Waals surface area contributed by atoms with Crippen LogP contribution >= 0.6 is 43.5 Å². The van der Waals surface area contributed by atoms with Crippen LogP contribution in [0.4, 0.5) is 16.2 Å². The van der Waals surface area contributed by atoms with Gasteiger partial charge in [0.2, 0.25) is 0 Å². The Hall–Kier alpha value is -2.68. The summed E-state index contributed by atoms with van der Waals surface area (Å²) in [5, 5.41) is 3.11. The van der Waals surface area contributed by atoms with Gasteiger partial charge in [-0.2, -0.15) is 0 Å². The minimum atomic E-state index is -0.694. The van der Waals surface area contributed by atoms with Gasteiger partial charge in [-0.15, -0.1) is 0 Å². The maximum absolute atomic E-state index is 12.1. The van der Waals surface area contributed by atoms with E-state index in [0.717, 1.165) is 25.8 Å². The van der Waals surface area contributed by atoms with Crippen molar-refractivity contribution in [3.63, 3.8) is 0 Å². The predicted molar refractivity (Wildman–Crippen MR) is 131 cm³/mol. The molecule has 0 atom stereocenters. The Morgan fingerprint density at radius 2 is 1.84 bits per heavy atom. The highest BCUT2D eigenvalue weighted by atomic mass is 79.9. The molecule has 0 fully saturated rings. The van der Waals surface area contributed by atoms with Crippen LogP contribution in [0.25, 0.3) is 0 Å². The van der Waals surface area contributed by atoms with Crippen LogP contribution in [-0.2, 0) is 4.84 Å². The number of amides is 1. The van der Waals surface area contributed by atoms with Crippen molar-refractivity contribution in [3.05, 3.63) is 91.8 Å². The number of hydrogen-bond donors (Lipinski definition) is 2. The van der Waals surface area contributed by atoms with Crippen LogP contribution in [0.1, 0.15) is 11.1 Å². The number of carbonyl (C=O) groups is 1. The summed E-state index contributed by atoms with van der Waals surface area (Å²) in [7, 11) is 0. The molecule has 0 aromatic heterocycles. The lowest BCUT2D eigenvalue weighted by atomic mass is 10.0. The van der Waals surface area contributed by atoms with Gasteiger partial charge in [0.25, 0.3) is 0 Å². The Kier molecular flexibility index (Phi) is 6.70. The minimum Gasteiger partial charge on any atom is -0.323 e. The van der Waals surface area contributed by atoms with Crippen molar-refractivity contribution in [3.8, 4) is 0 Å². The van der Waals surface area contributed by atoms with Gasteiger partial charge in [0.05, 0.1) is 11.4 Å². The molecule has 4 rings (SSSR count). The summed E-state index contributed by atoms with van der Waals surface area (Å²) in [6.07, 6.45) is -0.694. The SMILES string of the molecule is O=C(Nc1cccc(Cl)c1)ONC1=Nc2ccc(Br)cc2C(c2ccccc2Br)=NC1. The Bertz CT molecular complexity index is 1210. The number of carbonyl (C=O) groups excluding carboxylic acids is 1. The lowest BCUT2D eigenvalue weighted by Crippen LogP contribution is -2.31. The van der Waals surface area contributed by atoms with E-state index in [2.05, 4.69) is 47.6 Å². The van der Waals surface area contributed by atoms with Crippen molar-refractivity contribution in [2.45, 2.75) is 0 Å². The normalized spacial score (nSPS) is 12.7. The van der Waals surface area contributed by atoms with Gasteiger partial charge < -0.3 is 4.84 Å². The summed E-state index contributed by atoms with van der Waals surface area (Å²) in [5.41, 5.74) is 6.43. The zero-order valence-corrected chi connectivity index (χ0v) is 19.8. The zero-order valence-electron chi connectivity index (χ0n) is 15.9. The first kappa shape index (κ1) is 21.5. The molecule has 1 heterocycles. The maximum atomic E-state index is 12.1. The first-order valence-corrected chi connectivity index (χ1v) is 11.1. The summed E-state index contributed by atoms with van der Waals surface area (Å²) in [6.45, 7) is 0.202. The van der Waals surface area contributed by atoms with Crippen LogP contribution in [0.5, 0.6) is 0 Å². The third kappa shape index (κ3) is 5.33. The molecular weight excluding hydrogens is 548 g/mol. The Morgan fingerprint density at radius 3 is 2.65 bits per heavy atom. The van der Waals surface area contributed by atoms with Crippen LogP contribution in [0, 0.1) is 0 Å². The number of halogens is 3. The fraction of sp³-hybridized carbons (Fsp3) is 0.0455. The number of benzene rings is 3. The number of nitrogens with one attached hydrogen (secondary N) is 2.